The fourth-order valence-corrected chi connectivity index (χ4v) is 3.02. The Morgan fingerprint density at radius 3 is 2.47 bits per heavy atom. The lowest BCUT2D eigenvalue weighted by molar-refractivity contribution is 0.0959. The summed E-state index contributed by atoms with van der Waals surface area (Å²) in [5.41, 5.74) is 2.50. The van der Waals surface area contributed by atoms with Crippen LogP contribution in [0.1, 0.15) is 24.4 Å². The fraction of sp³-hybridized carbons (Fsp3) is 0.786. The Balaban J connectivity index is 2.13. The second-order valence-electron chi connectivity index (χ2n) is 5.37. The largest absolute Gasteiger partial charge is 0.336 e. The summed E-state index contributed by atoms with van der Waals surface area (Å²) in [5.74, 6) is 0. The molecule has 2 heterocycles. The molecule has 1 unspecified atom stereocenters. The third-order valence-corrected chi connectivity index (χ3v) is 4.18. The molecule has 1 saturated heterocycles. The van der Waals surface area contributed by atoms with Crippen molar-refractivity contribution in [2.45, 2.75) is 19.9 Å². The zero-order valence-corrected chi connectivity index (χ0v) is 12.7. The molecule has 1 fully saturated rings. The number of nitrogens with one attached hydrogen (secondary N) is 1. The number of hydrogen-bond acceptors (Lipinski definition) is 4. The molecule has 1 N–H and O–H groups in total. The van der Waals surface area contributed by atoms with Gasteiger partial charge in [-0.15, -0.1) is 0 Å². The van der Waals surface area contributed by atoms with Crippen LogP contribution in [0.25, 0.3) is 0 Å². The van der Waals surface area contributed by atoms with Gasteiger partial charge in [-0.05, 0) is 20.5 Å². The predicted molar refractivity (Wildman–Crippen MR) is 78.3 cm³/mol. The lowest BCUT2D eigenvalue weighted by Crippen LogP contribution is -2.49. The summed E-state index contributed by atoms with van der Waals surface area (Å²) in [4.78, 5) is 9.55. The highest BCUT2D eigenvalue weighted by atomic mass is 15.3. The number of rotatable bonds is 5. The first-order chi connectivity index (χ1) is 9.17. The number of aromatic nitrogens is 2. The van der Waals surface area contributed by atoms with Gasteiger partial charge >= 0.3 is 0 Å². The highest BCUT2D eigenvalue weighted by Gasteiger charge is 2.27. The van der Waals surface area contributed by atoms with Crippen LogP contribution in [0.4, 0.5) is 0 Å². The van der Waals surface area contributed by atoms with E-state index >= 15 is 0 Å². The van der Waals surface area contributed by atoms with E-state index in [1.54, 1.807) is 0 Å². The van der Waals surface area contributed by atoms with Crippen LogP contribution in [-0.4, -0.2) is 65.7 Å². The van der Waals surface area contributed by atoms with Crippen molar-refractivity contribution in [1.82, 2.24) is 24.7 Å². The second kappa shape index (κ2) is 6.50. The summed E-state index contributed by atoms with van der Waals surface area (Å²) in [6.07, 6.45) is 1.93. The van der Waals surface area contributed by atoms with Gasteiger partial charge in [0.25, 0.3) is 0 Å². The molecule has 1 aromatic heterocycles. The number of aryl methyl sites for hydroxylation is 2. The number of piperazine rings is 1. The Morgan fingerprint density at radius 1 is 1.32 bits per heavy atom. The molecule has 1 aliphatic heterocycles. The van der Waals surface area contributed by atoms with E-state index in [9.17, 15) is 0 Å². The van der Waals surface area contributed by atoms with Crippen molar-refractivity contribution in [3.8, 4) is 0 Å². The average molecular weight is 265 g/mol. The molecule has 19 heavy (non-hydrogen) atoms. The molecule has 5 heteroatoms. The zero-order valence-electron chi connectivity index (χ0n) is 12.7. The first-order valence-corrected chi connectivity index (χ1v) is 7.26. The average Bonchev–Trinajstić information content (AvgIpc) is 2.76. The predicted octanol–water partition coefficient (Wildman–Crippen LogP) is 0.627. The van der Waals surface area contributed by atoms with Crippen LogP contribution in [-0.2, 0) is 7.05 Å². The SMILES string of the molecule is CCN1CCN(C(CNC)c2c(C)ncn2C)CC1. The second-order valence-corrected chi connectivity index (χ2v) is 5.37. The van der Waals surface area contributed by atoms with Crippen LogP contribution >= 0.6 is 0 Å². The molecule has 0 aliphatic carbocycles. The molecule has 0 aromatic carbocycles. The Morgan fingerprint density at radius 2 is 2.00 bits per heavy atom. The van der Waals surface area contributed by atoms with Crippen LogP contribution in [0.15, 0.2) is 6.33 Å². The van der Waals surface area contributed by atoms with Gasteiger partial charge < -0.3 is 14.8 Å². The third kappa shape index (κ3) is 3.16. The van der Waals surface area contributed by atoms with E-state index in [0.717, 1.165) is 31.9 Å². The highest BCUT2D eigenvalue weighted by Crippen LogP contribution is 2.23. The Hall–Kier alpha value is -0.910. The lowest BCUT2D eigenvalue weighted by atomic mass is 10.1. The van der Waals surface area contributed by atoms with Crippen molar-refractivity contribution in [3.63, 3.8) is 0 Å². The van der Waals surface area contributed by atoms with Gasteiger partial charge in [-0.3, -0.25) is 4.90 Å². The van der Waals surface area contributed by atoms with Gasteiger partial charge in [0.05, 0.1) is 23.8 Å². The molecule has 5 nitrogen and oxygen atoms in total. The molecule has 2 rings (SSSR count). The Kier molecular flexibility index (Phi) is 4.96. The van der Waals surface area contributed by atoms with Crippen LogP contribution in [0.2, 0.25) is 0 Å². The van der Waals surface area contributed by atoms with Gasteiger partial charge in [-0.25, -0.2) is 4.98 Å². The molecule has 1 aliphatic rings. The van der Waals surface area contributed by atoms with Gasteiger partial charge in [0, 0.05) is 39.8 Å². The van der Waals surface area contributed by atoms with Crippen molar-refractivity contribution in [3.05, 3.63) is 17.7 Å². The number of imidazole rings is 1. The Labute approximate surface area is 116 Å². The molecule has 1 atom stereocenters. The lowest BCUT2D eigenvalue weighted by Gasteiger charge is -2.39. The quantitative estimate of drug-likeness (QED) is 0.847. The summed E-state index contributed by atoms with van der Waals surface area (Å²) in [5, 5.41) is 3.34. The van der Waals surface area contributed by atoms with E-state index < -0.39 is 0 Å². The number of hydrogen-bond donors (Lipinski definition) is 1. The molecule has 0 saturated carbocycles. The minimum Gasteiger partial charge on any atom is -0.336 e. The fourth-order valence-electron chi connectivity index (χ4n) is 3.02. The van der Waals surface area contributed by atoms with Crippen LogP contribution in [0.5, 0.6) is 0 Å². The first kappa shape index (κ1) is 14.5. The maximum absolute atomic E-state index is 4.44. The molecule has 0 amide bonds. The topological polar surface area (TPSA) is 36.3 Å². The van der Waals surface area contributed by atoms with Crippen LogP contribution in [0, 0.1) is 6.92 Å². The summed E-state index contributed by atoms with van der Waals surface area (Å²) in [6.45, 7) is 11.1. The van der Waals surface area contributed by atoms with E-state index in [0.29, 0.717) is 6.04 Å². The standard InChI is InChI=1S/C14H27N5/c1-5-18-6-8-19(9-7-18)13(10-15-3)14-12(2)16-11-17(14)4/h11,13,15H,5-10H2,1-4H3. The number of likely N-dealkylation sites (N-methyl/N-ethyl adjacent to an activating group) is 2. The summed E-state index contributed by atoms with van der Waals surface area (Å²) in [7, 11) is 4.13. The van der Waals surface area contributed by atoms with Crippen LogP contribution in [0.3, 0.4) is 0 Å². The van der Waals surface area contributed by atoms with Gasteiger partial charge in [0.2, 0.25) is 0 Å². The van der Waals surface area contributed by atoms with E-state index in [1.165, 1.54) is 18.8 Å². The highest BCUT2D eigenvalue weighted by molar-refractivity contribution is 5.17. The van der Waals surface area contributed by atoms with E-state index in [4.69, 9.17) is 0 Å². The van der Waals surface area contributed by atoms with Crippen molar-refractivity contribution in [2.24, 2.45) is 7.05 Å². The van der Waals surface area contributed by atoms with Gasteiger partial charge in [-0.1, -0.05) is 6.92 Å². The monoisotopic (exact) mass is 265 g/mol. The normalized spacial score (nSPS) is 19.8. The molecule has 1 aromatic rings. The maximum Gasteiger partial charge on any atom is 0.0949 e. The molecule has 0 spiro atoms. The maximum atomic E-state index is 4.44. The number of nitrogens with zero attached hydrogens (tertiary/aromatic N) is 4. The van der Waals surface area contributed by atoms with Crippen molar-refractivity contribution >= 4 is 0 Å². The minimum absolute atomic E-state index is 0.427. The van der Waals surface area contributed by atoms with Gasteiger partial charge in [0.1, 0.15) is 0 Å². The molecule has 108 valence electrons. The van der Waals surface area contributed by atoms with Crippen molar-refractivity contribution in [2.75, 3.05) is 46.3 Å². The summed E-state index contributed by atoms with van der Waals surface area (Å²) >= 11 is 0. The summed E-state index contributed by atoms with van der Waals surface area (Å²) in [6, 6.07) is 0.427. The van der Waals surface area contributed by atoms with E-state index in [1.807, 2.05) is 13.4 Å². The smallest absolute Gasteiger partial charge is 0.0949 e. The Bertz CT molecular complexity index is 373. The van der Waals surface area contributed by atoms with E-state index in [-0.39, 0.29) is 0 Å². The van der Waals surface area contributed by atoms with Crippen LogP contribution < -0.4 is 5.32 Å². The first-order valence-electron chi connectivity index (χ1n) is 7.26. The third-order valence-electron chi connectivity index (χ3n) is 4.18. The minimum atomic E-state index is 0.427. The summed E-state index contributed by atoms with van der Waals surface area (Å²) < 4.78 is 2.17. The van der Waals surface area contributed by atoms with Gasteiger partial charge in [-0.2, -0.15) is 0 Å². The zero-order chi connectivity index (χ0) is 13.8. The van der Waals surface area contributed by atoms with Crippen molar-refractivity contribution in [1.29, 1.82) is 0 Å². The van der Waals surface area contributed by atoms with E-state index in [2.05, 4.69) is 45.6 Å². The molecule has 0 bridgehead atoms. The molecular formula is C14H27N5. The van der Waals surface area contributed by atoms with Gasteiger partial charge in [0.15, 0.2) is 0 Å². The molecular weight excluding hydrogens is 238 g/mol. The van der Waals surface area contributed by atoms with Crippen molar-refractivity contribution < 1.29 is 0 Å². The molecule has 0 radical (unpaired) electrons.